The van der Waals surface area contributed by atoms with E-state index >= 15 is 0 Å². The van der Waals surface area contributed by atoms with Gasteiger partial charge in [0.2, 0.25) is 0 Å². The second-order valence-electron chi connectivity index (χ2n) is 8.56. The van der Waals surface area contributed by atoms with Crippen LogP contribution in [0.4, 0.5) is 4.39 Å². The number of halogens is 1. The van der Waals surface area contributed by atoms with E-state index in [0.717, 1.165) is 36.0 Å². The number of unbranched alkanes of at least 4 members (excludes halogenated alkanes) is 6. The number of rotatable bonds is 12. The van der Waals surface area contributed by atoms with Crippen LogP contribution in [0, 0.1) is 5.82 Å². The lowest BCUT2D eigenvalue weighted by molar-refractivity contribution is 0.617. The largest absolute Gasteiger partial charge is 0.256 e. The number of nitrogens with zero attached hydrogens (tertiary/aromatic N) is 1. The second kappa shape index (κ2) is 12.4. The highest BCUT2D eigenvalue weighted by Crippen LogP contribution is 2.26. The van der Waals surface area contributed by atoms with Crippen molar-refractivity contribution >= 4 is 0 Å². The Kier molecular flexibility index (Phi) is 9.27. The smallest absolute Gasteiger partial charge is 0.132 e. The van der Waals surface area contributed by atoms with Crippen molar-refractivity contribution in [2.75, 3.05) is 0 Å². The minimum atomic E-state index is -0.178. The number of hydrogen-bond donors (Lipinski definition) is 0. The van der Waals surface area contributed by atoms with Crippen LogP contribution in [-0.4, -0.2) is 4.98 Å². The quantitative estimate of drug-likeness (QED) is 0.268. The summed E-state index contributed by atoms with van der Waals surface area (Å²) >= 11 is 0. The average Bonchev–Trinajstić information content (AvgIpc) is 2.80. The van der Waals surface area contributed by atoms with Crippen molar-refractivity contribution in [3.8, 4) is 22.4 Å². The van der Waals surface area contributed by atoms with E-state index in [9.17, 15) is 4.39 Å². The standard InChI is InChI=1S/C29H36FN/c1-3-5-7-8-10-12-24-15-19-27(28(30)21-24)29-20-18-26(22-31-29)25-16-13-23(14-17-25)11-9-6-4-2/h13-22H,3-12H2,1-2H3. The Balaban J connectivity index is 1.61. The molecule has 0 aliphatic heterocycles. The first-order valence-electron chi connectivity index (χ1n) is 12.1. The first-order chi connectivity index (χ1) is 15.2. The summed E-state index contributed by atoms with van der Waals surface area (Å²) in [5.74, 6) is -0.178. The van der Waals surface area contributed by atoms with Crippen LogP contribution in [0.15, 0.2) is 60.8 Å². The van der Waals surface area contributed by atoms with Crippen molar-refractivity contribution in [1.82, 2.24) is 4.98 Å². The maximum Gasteiger partial charge on any atom is 0.132 e. The summed E-state index contributed by atoms with van der Waals surface area (Å²) in [5.41, 5.74) is 5.94. The SMILES string of the molecule is CCCCCCCc1ccc(-c2ccc(-c3ccc(CCCCC)cc3)cn2)c(F)c1. The van der Waals surface area contributed by atoms with Crippen LogP contribution in [0.5, 0.6) is 0 Å². The molecule has 2 aromatic carbocycles. The van der Waals surface area contributed by atoms with E-state index in [2.05, 4.69) is 43.1 Å². The van der Waals surface area contributed by atoms with E-state index in [1.54, 1.807) is 6.07 Å². The van der Waals surface area contributed by atoms with Gasteiger partial charge < -0.3 is 0 Å². The molecule has 0 aliphatic carbocycles. The maximum absolute atomic E-state index is 14.7. The van der Waals surface area contributed by atoms with Gasteiger partial charge in [0.1, 0.15) is 5.82 Å². The Hall–Kier alpha value is -2.48. The number of aryl methyl sites for hydroxylation is 2. The molecule has 31 heavy (non-hydrogen) atoms. The van der Waals surface area contributed by atoms with Crippen LogP contribution in [-0.2, 0) is 12.8 Å². The maximum atomic E-state index is 14.7. The van der Waals surface area contributed by atoms with Crippen LogP contribution >= 0.6 is 0 Å². The monoisotopic (exact) mass is 417 g/mol. The molecule has 2 heteroatoms. The summed E-state index contributed by atoms with van der Waals surface area (Å²) in [5, 5.41) is 0. The van der Waals surface area contributed by atoms with Crippen molar-refractivity contribution in [3.05, 3.63) is 77.7 Å². The lowest BCUT2D eigenvalue weighted by Gasteiger charge is -2.08. The second-order valence-corrected chi connectivity index (χ2v) is 8.56. The van der Waals surface area contributed by atoms with Crippen molar-refractivity contribution in [2.24, 2.45) is 0 Å². The van der Waals surface area contributed by atoms with Crippen molar-refractivity contribution in [3.63, 3.8) is 0 Å². The van der Waals surface area contributed by atoms with Gasteiger partial charge in [-0.25, -0.2) is 4.39 Å². The lowest BCUT2D eigenvalue weighted by atomic mass is 10.0. The van der Waals surface area contributed by atoms with E-state index < -0.39 is 0 Å². The highest BCUT2D eigenvalue weighted by Gasteiger charge is 2.08. The molecule has 3 rings (SSSR count). The fourth-order valence-electron chi connectivity index (χ4n) is 4.02. The van der Waals surface area contributed by atoms with Crippen molar-refractivity contribution in [1.29, 1.82) is 0 Å². The fraction of sp³-hybridized carbons (Fsp3) is 0.414. The third kappa shape index (κ3) is 7.02. The summed E-state index contributed by atoms with van der Waals surface area (Å²) in [6.45, 7) is 4.45. The summed E-state index contributed by atoms with van der Waals surface area (Å²) in [4.78, 5) is 4.55. The zero-order chi connectivity index (χ0) is 21.9. The molecule has 1 nitrogen and oxygen atoms in total. The Labute approximate surface area is 187 Å². The Morgan fingerprint density at radius 3 is 1.94 bits per heavy atom. The Morgan fingerprint density at radius 2 is 1.26 bits per heavy atom. The zero-order valence-corrected chi connectivity index (χ0v) is 19.2. The van der Waals surface area contributed by atoms with E-state index in [0.29, 0.717) is 11.3 Å². The molecule has 3 aromatic rings. The molecule has 1 heterocycles. The summed E-state index contributed by atoms with van der Waals surface area (Å²) in [6, 6.07) is 18.3. The highest BCUT2D eigenvalue weighted by molar-refractivity contribution is 5.67. The summed E-state index contributed by atoms with van der Waals surface area (Å²) < 4.78 is 14.7. The molecule has 0 radical (unpaired) electrons. The minimum Gasteiger partial charge on any atom is -0.256 e. The molecule has 0 bridgehead atoms. The fourth-order valence-corrected chi connectivity index (χ4v) is 4.02. The van der Waals surface area contributed by atoms with Crippen LogP contribution in [0.2, 0.25) is 0 Å². The molecule has 0 unspecified atom stereocenters. The van der Waals surface area contributed by atoms with Gasteiger partial charge in [-0.05, 0) is 60.6 Å². The normalized spacial score (nSPS) is 11.1. The van der Waals surface area contributed by atoms with Crippen LogP contribution in [0.25, 0.3) is 22.4 Å². The van der Waals surface area contributed by atoms with Crippen LogP contribution < -0.4 is 0 Å². The molecule has 0 amide bonds. The first kappa shape index (κ1) is 23.2. The third-order valence-corrected chi connectivity index (χ3v) is 6.00. The molecule has 0 saturated carbocycles. The van der Waals surface area contributed by atoms with Gasteiger partial charge in [-0.15, -0.1) is 0 Å². The third-order valence-electron chi connectivity index (χ3n) is 6.00. The molecule has 164 valence electrons. The minimum absolute atomic E-state index is 0.178. The first-order valence-corrected chi connectivity index (χ1v) is 12.1. The molecule has 0 atom stereocenters. The molecular weight excluding hydrogens is 381 g/mol. The van der Waals surface area contributed by atoms with Gasteiger partial charge in [0.05, 0.1) is 5.69 Å². The van der Waals surface area contributed by atoms with Gasteiger partial charge in [0.25, 0.3) is 0 Å². The van der Waals surface area contributed by atoms with E-state index in [1.165, 1.54) is 50.5 Å². The predicted octanol–water partition coefficient (Wildman–Crippen LogP) is 8.80. The molecule has 0 aliphatic rings. The number of hydrogen-bond acceptors (Lipinski definition) is 1. The van der Waals surface area contributed by atoms with Crippen molar-refractivity contribution in [2.45, 2.75) is 78.1 Å². The topological polar surface area (TPSA) is 12.9 Å². The zero-order valence-electron chi connectivity index (χ0n) is 19.2. The van der Waals surface area contributed by atoms with Gasteiger partial charge in [-0.1, -0.05) is 88.8 Å². The molecule has 0 saturated heterocycles. The van der Waals surface area contributed by atoms with Gasteiger partial charge in [0, 0.05) is 17.3 Å². The molecule has 0 fully saturated rings. The summed E-state index contributed by atoms with van der Waals surface area (Å²) in [7, 11) is 0. The van der Waals surface area contributed by atoms with Crippen LogP contribution in [0.3, 0.4) is 0 Å². The van der Waals surface area contributed by atoms with Crippen molar-refractivity contribution < 1.29 is 4.39 Å². The van der Waals surface area contributed by atoms with E-state index in [4.69, 9.17) is 0 Å². The molecular formula is C29H36FN. The Morgan fingerprint density at radius 1 is 0.645 bits per heavy atom. The Bertz CT molecular complexity index is 912. The van der Waals surface area contributed by atoms with E-state index in [-0.39, 0.29) is 5.82 Å². The predicted molar refractivity (Wildman–Crippen MR) is 131 cm³/mol. The highest BCUT2D eigenvalue weighted by atomic mass is 19.1. The van der Waals surface area contributed by atoms with Gasteiger partial charge >= 0.3 is 0 Å². The summed E-state index contributed by atoms with van der Waals surface area (Å²) in [6.07, 6.45) is 13.9. The number of benzene rings is 2. The average molecular weight is 418 g/mol. The van der Waals surface area contributed by atoms with Gasteiger partial charge in [-0.2, -0.15) is 0 Å². The molecule has 0 spiro atoms. The van der Waals surface area contributed by atoms with E-state index in [1.807, 2.05) is 30.5 Å². The number of pyridine rings is 1. The number of aromatic nitrogens is 1. The van der Waals surface area contributed by atoms with Crippen LogP contribution in [0.1, 0.15) is 76.3 Å². The lowest BCUT2D eigenvalue weighted by Crippen LogP contribution is -1.93. The molecule has 0 N–H and O–H groups in total. The van der Waals surface area contributed by atoms with Gasteiger partial charge in [-0.3, -0.25) is 4.98 Å². The van der Waals surface area contributed by atoms with Gasteiger partial charge in [0.15, 0.2) is 0 Å². The molecule has 1 aromatic heterocycles.